The molecule has 0 saturated heterocycles. The first-order chi connectivity index (χ1) is 8.99. The summed E-state index contributed by atoms with van der Waals surface area (Å²) in [5.74, 6) is 0.494. The number of carbonyl (C=O) groups excluding carboxylic acids is 1. The summed E-state index contributed by atoms with van der Waals surface area (Å²) in [7, 11) is 4.76. The topological polar surface area (TPSA) is 64.8 Å². The van der Waals surface area contributed by atoms with Crippen LogP contribution in [0.5, 0.6) is 5.75 Å². The molecule has 0 heterocycles. The molecule has 1 atom stereocenters. The zero-order valence-corrected chi connectivity index (χ0v) is 13.3. The molecule has 0 aliphatic carbocycles. The third-order valence-electron chi connectivity index (χ3n) is 2.69. The van der Waals surface area contributed by atoms with Crippen molar-refractivity contribution in [3.8, 4) is 5.75 Å². The molecule has 2 N–H and O–H groups in total. The van der Waals surface area contributed by atoms with Gasteiger partial charge < -0.3 is 20.1 Å². The molecule has 0 bridgehead atoms. The van der Waals surface area contributed by atoms with Crippen LogP contribution in [0.4, 0.5) is 0 Å². The maximum Gasteiger partial charge on any atom is 0.241 e. The van der Waals surface area contributed by atoms with E-state index in [0.29, 0.717) is 17.3 Å². The van der Waals surface area contributed by atoms with Crippen molar-refractivity contribution >= 4 is 29.9 Å². The van der Waals surface area contributed by atoms with Gasteiger partial charge in [0.2, 0.25) is 5.91 Å². The molecule has 0 saturated carbocycles. The number of hydrogen-bond acceptors (Lipinski definition) is 4. The summed E-state index contributed by atoms with van der Waals surface area (Å²) in [5.41, 5.74) is 6.54. The third kappa shape index (κ3) is 5.17. The zero-order chi connectivity index (χ0) is 14.4. The van der Waals surface area contributed by atoms with Crippen LogP contribution in [0.3, 0.4) is 0 Å². The van der Waals surface area contributed by atoms with E-state index in [0.717, 1.165) is 5.56 Å². The standard InChI is InChI=1S/C13H19ClN2O3.ClH/c1-16(13(17)11(15)8-18-2)7-9-6-10(14)4-5-12(9)19-3;/h4-6,11H,7-8,15H2,1-3H3;1H. The molecule has 1 aromatic rings. The third-order valence-corrected chi connectivity index (χ3v) is 2.92. The number of hydrogen-bond donors (Lipinski definition) is 1. The van der Waals surface area contributed by atoms with Crippen molar-refractivity contribution in [3.05, 3.63) is 28.8 Å². The summed E-state index contributed by atoms with van der Waals surface area (Å²) in [6.07, 6.45) is 0. The van der Waals surface area contributed by atoms with Crippen LogP contribution in [0, 0.1) is 0 Å². The molecule has 1 unspecified atom stereocenters. The lowest BCUT2D eigenvalue weighted by molar-refractivity contribution is -0.133. The molecule has 0 radical (unpaired) electrons. The van der Waals surface area contributed by atoms with Crippen LogP contribution >= 0.6 is 24.0 Å². The largest absolute Gasteiger partial charge is 0.496 e. The fraction of sp³-hybridized carbons (Fsp3) is 0.462. The van der Waals surface area contributed by atoms with E-state index in [2.05, 4.69) is 0 Å². The Morgan fingerprint density at radius 3 is 2.65 bits per heavy atom. The van der Waals surface area contributed by atoms with Crippen LogP contribution in [0.2, 0.25) is 5.02 Å². The second-order valence-electron chi connectivity index (χ2n) is 4.21. The lowest BCUT2D eigenvalue weighted by Crippen LogP contribution is -2.44. The molecule has 0 aliphatic rings. The Labute approximate surface area is 130 Å². The van der Waals surface area contributed by atoms with Gasteiger partial charge in [-0.1, -0.05) is 11.6 Å². The van der Waals surface area contributed by atoms with Gasteiger partial charge in [0.25, 0.3) is 0 Å². The molecule has 0 aromatic heterocycles. The first-order valence-corrected chi connectivity index (χ1v) is 6.19. The van der Waals surface area contributed by atoms with Gasteiger partial charge in [0.1, 0.15) is 11.8 Å². The number of amides is 1. The summed E-state index contributed by atoms with van der Waals surface area (Å²) in [6.45, 7) is 0.565. The molecule has 0 aliphatic heterocycles. The summed E-state index contributed by atoms with van der Waals surface area (Å²) < 4.78 is 10.1. The Morgan fingerprint density at radius 1 is 1.45 bits per heavy atom. The van der Waals surface area contributed by atoms with Gasteiger partial charge in [-0.3, -0.25) is 4.79 Å². The normalized spacial score (nSPS) is 11.4. The molecule has 1 aromatic carbocycles. The van der Waals surface area contributed by atoms with E-state index < -0.39 is 6.04 Å². The Morgan fingerprint density at radius 2 is 2.10 bits per heavy atom. The molecule has 1 rings (SSSR count). The summed E-state index contributed by atoms with van der Waals surface area (Å²) in [5, 5.41) is 0.595. The number of benzene rings is 1. The van der Waals surface area contributed by atoms with E-state index in [9.17, 15) is 4.79 Å². The second-order valence-corrected chi connectivity index (χ2v) is 4.65. The Bertz CT molecular complexity index is 444. The fourth-order valence-corrected chi connectivity index (χ4v) is 1.93. The number of nitrogens with zero attached hydrogens (tertiary/aromatic N) is 1. The highest BCUT2D eigenvalue weighted by molar-refractivity contribution is 6.30. The summed E-state index contributed by atoms with van der Waals surface area (Å²) >= 11 is 5.95. The van der Waals surface area contributed by atoms with E-state index in [1.54, 1.807) is 32.4 Å². The van der Waals surface area contributed by atoms with Crippen molar-refractivity contribution in [3.63, 3.8) is 0 Å². The van der Waals surface area contributed by atoms with Gasteiger partial charge in [-0.05, 0) is 18.2 Å². The number of nitrogens with two attached hydrogens (primary N) is 1. The lowest BCUT2D eigenvalue weighted by atomic mass is 10.1. The van der Waals surface area contributed by atoms with Crippen LogP contribution in [0.1, 0.15) is 5.56 Å². The number of carbonyl (C=O) groups is 1. The van der Waals surface area contributed by atoms with Crippen molar-refractivity contribution in [1.29, 1.82) is 0 Å². The van der Waals surface area contributed by atoms with E-state index in [-0.39, 0.29) is 24.9 Å². The Balaban J connectivity index is 0.00000361. The number of halogens is 2. The van der Waals surface area contributed by atoms with Crippen LogP contribution in [0.25, 0.3) is 0 Å². The van der Waals surface area contributed by atoms with Gasteiger partial charge in [0.15, 0.2) is 0 Å². The molecule has 7 heteroatoms. The molecule has 114 valence electrons. The van der Waals surface area contributed by atoms with Crippen molar-refractivity contribution in [2.24, 2.45) is 5.73 Å². The second kappa shape index (κ2) is 9.02. The highest BCUT2D eigenvalue weighted by Gasteiger charge is 2.19. The van der Waals surface area contributed by atoms with Gasteiger partial charge >= 0.3 is 0 Å². The Kier molecular flexibility index (Phi) is 8.57. The number of likely N-dealkylation sites (N-methyl/N-ethyl adjacent to an activating group) is 1. The van der Waals surface area contributed by atoms with Crippen LogP contribution in [-0.2, 0) is 16.1 Å². The van der Waals surface area contributed by atoms with Crippen LogP contribution in [0.15, 0.2) is 18.2 Å². The molecular formula is C13H20Cl2N2O3. The SMILES string of the molecule is COCC(N)C(=O)N(C)Cc1cc(Cl)ccc1OC.Cl. The van der Waals surface area contributed by atoms with E-state index in [1.165, 1.54) is 12.0 Å². The maximum atomic E-state index is 12.0. The molecular weight excluding hydrogens is 303 g/mol. The first kappa shape index (κ1) is 19.0. The monoisotopic (exact) mass is 322 g/mol. The van der Waals surface area contributed by atoms with Gasteiger partial charge in [0, 0.05) is 31.3 Å². The van der Waals surface area contributed by atoms with E-state index >= 15 is 0 Å². The maximum absolute atomic E-state index is 12.0. The minimum Gasteiger partial charge on any atom is -0.496 e. The fourth-order valence-electron chi connectivity index (χ4n) is 1.74. The number of rotatable bonds is 6. The van der Waals surface area contributed by atoms with Gasteiger partial charge in [-0.2, -0.15) is 0 Å². The van der Waals surface area contributed by atoms with Crippen LogP contribution < -0.4 is 10.5 Å². The highest BCUT2D eigenvalue weighted by atomic mass is 35.5. The smallest absolute Gasteiger partial charge is 0.241 e. The van der Waals surface area contributed by atoms with Crippen LogP contribution in [-0.4, -0.2) is 44.7 Å². The van der Waals surface area contributed by atoms with Gasteiger partial charge in [-0.15, -0.1) is 12.4 Å². The van der Waals surface area contributed by atoms with Crippen molar-refractivity contribution in [1.82, 2.24) is 4.90 Å². The zero-order valence-electron chi connectivity index (χ0n) is 11.8. The lowest BCUT2D eigenvalue weighted by Gasteiger charge is -2.22. The number of ether oxygens (including phenoxy) is 2. The average Bonchev–Trinajstić information content (AvgIpc) is 2.38. The highest BCUT2D eigenvalue weighted by Crippen LogP contribution is 2.23. The first-order valence-electron chi connectivity index (χ1n) is 5.81. The number of methoxy groups -OCH3 is 2. The average molecular weight is 323 g/mol. The molecule has 0 fully saturated rings. The molecule has 20 heavy (non-hydrogen) atoms. The minimum absolute atomic E-state index is 0. The summed E-state index contributed by atoms with van der Waals surface area (Å²) in [4.78, 5) is 13.5. The quantitative estimate of drug-likeness (QED) is 0.865. The molecule has 0 spiro atoms. The predicted octanol–water partition coefficient (Wildman–Crippen LogP) is 1.70. The molecule has 5 nitrogen and oxygen atoms in total. The van der Waals surface area contributed by atoms with Crippen molar-refractivity contribution in [2.45, 2.75) is 12.6 Å². The van der Waals surface area contributed by atoms with Crippen molar-refractivity contribution in [2.75, 3.05) is 27.9 Å². The van der Waals surface area contributed by atoms with Gasteiger partial charge in [-0.25, -0.2) is 0 Å². The van der Waals surface area contributed by atoms with E-state index in [1.807, 2.05) is 0 Å². The van der Waals surface area contributed by atoms with Gasteiger partial charge in [0.05, 0.1) is 13.7 Å². The predicted molar refractivity (Wildman–Crippen MR) is 81.6 cm³/mol. The summed E-state index contributed by atoms with van der Waals surface area (Å²) in [6, 6.07) is 4.61. The van der Waals surface area contributed by atoms with Crippen molar-refractivity contribution < 1.29 is 14.3 Å². The Hall–Kier alpha value is -1.01. The van der Waals surface area contributed by atoms with E-state index in [4.69, 9.17) is 26.8 Å². The minimum atomic E-state index is -0.667. The molecule has 1 amide bonds.